The molecule has 0 spiro atoms. The second-order valence-corrected chi connectivity index (χ2v) is 5.58. The Labute approximate surface area is 135 Å². The molecule has 0 unspecified atom stereocenters. The van der Waals surface area contributed by atoms with Crippen LogP contribution in [0, 0.1) is 0 Å². The highest BCUT2D eigenvalue weighted by Crippen LogP contribution is 2.40. The Balaban J connectivity index is 2.13. The minimum absolute atomic E-state index is 0.271. The average Bonchev–Trinajstić information content (AvgIpc) is 2.83. The quantitative estimate of drug-likeness (QED) is 0.858. The van der Waals surface area contributed by atoms with Crippen molar-refractivity contribution in [2.24, 2.45) is 0 Å². The number of anilines is 1. The van der Waals surface area contributed by atoms with Gasteiger partial charge in [0.25, 0.3) is 0 Å². The van der Waals surface area contributed by atoms with E-state index < -0.39 is 5.97 Å². The number of carbonyl (C=O) groups is 1. The number of hydrogen-bond donors (Lipinski definition) is 1. The van der Waals surface area contributed by atoms with Crippen LogP contribution in [0.5, 0.6) is 5.75 Å². The van der Waals surface area contributed by atoms with Gasteiger partial charge in [0, 0.05) is 5.92 Å². The molecule has 1 saturated carbocycles. The third-order valence-electron chi connectivity index (χ3n) is 4.23. The summed E-state index contributed by atoms with van der Waals surface area (Å²) >= 11 is 0. The van der Waals surface area contributed by atoms with Crippen molar-refractivity contribution in [2.45, 2.75) is 32.1 Å². The first-order chi connectivity index (χ1) is 11.2. The van der Waals surface area contributed by atoms with E-state index in [9.17, 15) is 4.79 Å². The summed E-state index contributed by atoms with van der Waals surface area (Å²) in [6, 6.07) is 7.46. The molecule has 1 aliphatic rings. The molecule has 0 saturated heterocycles. The predicted octanol–water partition coefficient (Wildman–Crippen LogP) is 2.91. The van der Waals surface area contributed by atoms with Crippen LogP contribution in [0.2, 0.25) is 0 Å². The molecule has 6 nitrogen and oxygen atoms in total. The van der Waals surface area contributed by atoms with E-state index >= 15 is 0 Å². The van der Waals surface area contributed by atoms with Crippen molar-refractivity contribution in [2.75, 3.05) is 19.5 Å². The van der Waals surface area contributed by atoms with Crippen molar-refractivity contribution in [3.63, 3.8) is 0 Å². The van der Waals surface area contributed by atoms with Crippen molar-refractivity contribution >= 4 is 11.8 Å². The molecule has 0 aliphatic heterocycles. The maximum absolute atomic E-state index is 12.3. The van der Waals surface area contributed by atoms with Gasteiger partial charge in [-0.15, -0.1) is 0 Å². The van der Waals surface area contributed by atoms with Gasteiger partial charge in [-0.2, -0.15) is 5.10 Å². The Kier molecular flexibility index (Phi) is 4.23. The molecule has 23 heavy (non-hydrogen) atoms. The van der Waals surface area contributed by atoms with E-state index in [4.69, 9.17) is 15.2 Å². The molecule has 3 rings (SSSR count). The van der Waals surface area contributed by atoms with Crippen molar-refractivity contribution in [1.82, 2.24) is 9.78 Å². The normalized spacial score (nSPS) is 14.3. The molecule has 1 aliphatic carbocycles. The molecule has 2 aromatic rings. The van der Waals surface area contributed by atoms with Crippen LogP contribution in [0.15, 0.2) is 24.3 Å². The van der Waals surface area contributed by atoms with Crippen LogP contribution >= 0.6 is 0 Å². The van der Waals surface area contributed by atoms with Gasteiger partial charge >= 0.3 is 5.97 Å². The van der Waals surface area contributed by atoms with Crippen LogP contribution in [-0.4, -0.2) is 29.5 Å². The molecule has 1 heterocycles. The first kappa shape index (κ1) is 15.4. The fourth-order valence-electron chi connectivity index (χ4n) is 2.82. The Morgan fingerprint density at radius 2 is 2.13 bits per heavy atom. The molecule has 0 amide bonds. The van der Waals surface area contributed by atoms with Gasteiger partial charge in [0.05, 0.1) is 19.4 Å². The molecular weight excluding hydrogens is 294 g/mol. The topological polar surface area (TPSA) is 79.4 Å². The summed E-state index contributed by atoms with van der Waals surface area (Å²) in [5.41, 5.74) is 8.09. The maximum Gasteiger partial charge on any atom is 0.343 e. The summed E-state index contributed by atoms with van der Waals surface area (Å²) in [5.74, 6) is 0.813. The molecule has 1 aromatic carbocycles. The van der Waals surface area contributed by atoms with E-state index in [1.54, 1.807) is 18.7 Å². The number of nitrogens with zero attached hydrogens (tertiary/aromatic N) is 2. The lowest BCUT2D eigenvalue weighted by Gasteiger charge is -2.24. The van der Waals surface area contributed by atoms with Crippen LogP contribution in [0.1, 0.15) is 48.2 Å². The molecule has 1 fully saturated rings. The Morgan fingerprint density at radius 1 is 1.39 bits per heavy atom. The summed E-state index contributed by atoms with van der Waals surface area (Å²) in [5, 5.41) is 4.62. The number of methoxy groups -OCH3 is 1. The summed E-state index contributed by atoms with van der Waals surface area (Å²) < 4.78 is 12.1. The van der Waals surface area contributed by atoms with Crippen molar-refractivity contribution in [3.05, 3.63) is 35.5 Å². The zero-order valence-corrected chi connectivity index (χ0v) is 13.4. The first-order valence-electron chi connectivity index (χ1n) is 7.86. The second kappa shape index (κ2) is 6.32. The molecule has 6 heteroatoms. The fraction of sp³-hybridized carbons (Fsp3) is 0.412. The number of rotatable bonds is 5. The zero-order chi connectivity index (χ0) is 16.4. The Hall–Kier alpha value is -2.50. The lowest BCUT2D eigenvalue weighted by molar-refractivity contribution is 0.0525. The highest BCUT2D eigenvalue weighted by molar-refractivity contribution is 5.96. The SMILES string of the molecule is CCOC(=O)c1c(C2CCC2)nn(-c2ccccc2OC)c1N. The number of ether oxygens (including phenoxy) is 2. The van der Waals surface area contributed by atoms with E-state index in [-0.39, 0.29) is 5.92 Å². The summed E-state index contributed by atoms with van der Waals surface area (Å²) in [6.07, 6.45) is 3.19. The molecule has 0 atom stereocenters. The third kappa shape index (κ3) is 2.65. The average molecular weight is 315 g/mol. The number of carbonyl (C=O) groups excluding carboxylic acids is 1. The van der Waals surface area contributed by atoms with Crippen LogP contribution in [0.25, 0.3) is 5.69 Å². The number of hydrogen-bond acceptors (Lipinski definition) is 5. The van der Waals surface area contributed by atoms with Crippen molar-refractivity contribution in [1.29, 1.82) is 0 Å². The van der Waals surface area contributed by atoms with Gasteiger partial charge in [-0.1, -0.05) is 18.6 Å². The Morgan fingerprint density at radius 3 is 2.74 bits per heavy atom. The lowest BCUT2D eigenvalue weighted by Crippen LogP contribution is -2.15. The number of benzene rings is 1. The maximum atomic E-state index is 12.3. The summed E-state index contributed by atoms with van der Waals surface area (Å²) in [7, 11) is 1.59. The number of nitrogens with two attached hydrogens (primary N) is 1. The van der Waals surface area contributed by atoms with E-state index in [1.165, 1.54) is 0 Å². The van der Waals surface area contributed by atoms with Crippen LogP contribution < -0.4 is 10.5 Å². The van der Waals surface area contributed by atoms with E-state index in [1.807, 2.05) is 24.3 Å². The Bertz CT molecular complexity index is 720. The lowest BCUT2D eigenvalue weighted by atomic mass is 9.81. The summed E-state index contributed by atoms with van der Waals surface area (Å²) in [6.45, 7) is 2.09. The number of esters is 1. The molecule has 2 N–H and O–H groups in total. The molecule has 122 valence electrons. The smallest absolute Gasteiger partial charge is 0.343 e. The minimum Gasteiger partial charge on any atom is -0.494 e. The van der Waals surface area contributed by atoms with Gasteiger partial charge in [0.2, 0.25) is 0 Å². The van der Waals surface area contributed by atoms with E-state index in [0.29, 0.717) is 29.4 Å². The van der Waals surface area contributed by atoms with Gasteiger partial charge in [0.15, 0.2) is 0 Å². The number of nitrogen functional groups attached to an aromatic ring is 1. The monoisotopic (exact) mass is 315 g/mol. The van der Waals surface area contributed by atoms with Gasteiger partial charge in [-0.25, -0.2) is 9.48 Å². The van der Waals surface area contributed by atoms with Gasteiger partial charge in [-0.05, 0) is 31.9 Å². The van der Waals surface area contributed by atoms with Crippen LogP contribution in [-0.2, 0) is 4.74 Å². The molecule has 0 bridgehead atoms. The standard InChI is InChI=1S/C17H21N3O3/c1-3-23-17(21)14-15(11-7-6-8-11)19-20(16(14)18)12-9-4-5-10-13(12)22-2/h4-5,9-11H,3,6-8,18H2,1-2H3. The number of aromatic nitrogens is 2. The molecular formula is C17H21N3O3. The highest BCUT2D eigenvalue weighted by atomic mass is 16.5. The van der Waals surface area contributed by atoms with Gasteiger partial charge < -0.3 is 15.2 Å². The zero-order valence-electron chi connectivity index (χ0n) is 13.4. The van der Waals surface area contributed by atoms with Crippen LogP contribution in [0.4, 0.5) is 5.82 Å². The molecule has 0 radical (unpaired) electrons. The van der Waals surface area contributed by atoms with Crippen molar-refractivity contribution < 1.29 is 14.3 Å². The number of para-hydroxylation sites is 2. The first-order valence-corrected chi connectivity index (χ1v) is 7.86. The summed E-state index contributed by atoms with van der Waals surface area (Å²) in [4.78, 5) is 12.3. The van der Waals surface area contributed by atoms with Gasteiger partial charge in [-0.3, -0.25) is 0 Å². The van der Waals surface area contributed by atoms with Crippen LogP contribution in [0.3, 0.4) is 0 Å². The van der Waals surface area contributed by atoms with Crippen molar-refractivity contribution in [3.8, 4) is 11.4 Å². The fourth-order valence-corrected chi connectivity index (χ4v) is 2.82. The van der Waals surface area contributed by atoms with E-state index in [2.05, 4.69) is 5.10 Å². The highest BCUT2D eigenvalue weighted by Gasteiger charge is 2.32. The third-order valence-corrected chi connectivity index (χ3v) is 4.23. The second-order valence-electron chi connectivity index (χ2n) is 5.58. The predicted molar refractivity (Wildman–Crippen MR) is 87.1 cm³/mol. The van der Waals surface area contributed by atoms with Gasteiger partial charge in [0.1, 0.15) is 22.8 Å². The largest absolute Gasteiger partial charge is 0.494 e. The van der Waals surface area contributed by atoms with E-state index in [0.717, 1.165) is 25.0 Å². The molecule has 1 aromatic heterocycles. The minimum atomic E-state index is -0.409.